The number of hydrogen-bond donors (Lipinski definition) is 1. The van der Waals surface area contributed by atoms with Gasteiger partial charge < -0.3 is 14.7 Å². The van der Waals surface area contributed by atoms with Gasteiger partial charge in [0.2, 0.25) is 0 Å². The highest BCUT2D eigenvalue weighted by atomic mass is 35.5. The molecule has 0 atom stereocenters. The van der Waals surface area contributed by atoms with Gasteiger partial charge in [0.25, 0.3) is 5.91 Å². The Labute approximate surface area is 211 Å². The van der Waals surface area contributed by atoms with Crippen LogP contribution in [0, 0.1) is 0 Å². The number of nitrogens with zero attached hydrogens (tertiary/aromatic N) is 4. The molecule has 7 nitrogen and oxygen atoms in total. The summed E-state index contributed by atoms with van der Waals surface area (Å²) < 4.78 is 7.96. The lowest BCUT2D eigenvalue weighted by Crippen LogP contribution is -2.46. The third-order valence-corrected chi connectivity index (χ3v) is 8.34. The molecule has 0 bridgehead atoms. The Morgan fingerprint density at radius 1 is 1.21 bits per heavy atom. The van der Waals surface area contributed by atoms with Crippen LogP contribution in [0.5, 0.6) is 0 Å². The normalized spacial score (nSPS) is 15.3. The second kappa shape index (κ2) is 10.0. The first-order valence-electron chi connectivity index (χ1n) is 11.4. The molecule has 0 radical (unpaired) electrons. The summed E-state index contributed by atoms with van der Waals surface area (Å²) in [4.78, 5) is 17.3. The minimum absolute atomic E-state index is 0.109. The molecule has 10 heteroatoms. The predicted molar refractivity (Wildman–Crippen MR) is 136 cm³/mol. The molecule has 34 heavy (non-hydrogen) atoms. The summed E-state index contributed by atoms with van der Waals surface area (Å²) in [5.74, 6) is 0.614. The van der Waals surface area contributed by atoms with E-state index >= 15 is 0 Å². The van der Waals surface area contributed by atoms with Gasteiger partial charge in [0.1, 0.15) is 5.00 Å². The number of amides is 1. The van der Waals surface area contributed by atoms with Crippen molar-refractivity contribution in [3.8, 4) is 15.6 Å². The van der Waals surface area contributed by atoms with E-state index in [1.54, 1.807) is 22.1 Å². The fourth-order valence-electron chi connectivity index (χ4n) is 4.11. The minimum atomic E-state index is -0.109. The molecule has 1 amide bonds. The van der Waals surface area contributed by atoms with Gasteiger partial charge in [0, 0.05) is 48.7 Å². The number of aromatic nitrogens is 3. The minimum Gasteiger partial charge on any atom is -0.355 e. The van der Waals surface area contributed by atoms with Gasteiger partial charge >= 0.3 is 0 Å². The largest absolute Gasteiger partial charge is 0.355 e. The highest BCUT2D eigenvalue weighted by Crippen LogP contribution is 2.32. The Bertz CT molecular complexity index is 1270. The van der Waals surface area contributed by atoms with E-state index < -0.39 is 0 Å². The molecule has 0 spiro atoms. The van der Waals surface area contributed by atoms with E-state index in [-0.39, 0.29) is 11.9 Å². The van der Waals surface area contributed by atoms with Crippen molar-refractivity contribution in [2.75, 3.05) is 13.1 Å². The van der Waals surface area contributed by atoms with Crippen molar-refractivity contribution in [2.45, 2.75) is 45.2 Å². The molecule has 0 unspecified atom stereocenters. The van der Waals surface area contributed by atoms with Crippen molar-refractivity contribution in [1.29, 1.82) is 0 Å². The monoisotopic (exact) mass is 515 g/mol. The van der Waals surface area contributed by atoms with Crippen molar-refractivity contribution in [1.82, 2.24) is 25.2 Å². The van der Waals surface area contributed by atoms with Crippen LogP contribution in [0.15, 0.2) is 47.1 Å². The number of nitrogens with one attached hydrogen (secondary N) is 1. The number of carbonyl (C=O) groups excluding carboxylic acids is 1. The zero-order valence-electron chi connectivity index (χ0n) is 19.0. The number of likely N-dealkylation sites (tertiary alicyclic amines) is 1. The maximum absolute atomic E-state index is 12.7. The van der Waals surface area contributed by atoms with Crippen LogP contribution in [-0.2, 0) is 6.42 Å². The van der Waals surface area contributed by atoms with Crippen LogP contribution in [0.25, 0.3) is 15.6 Å². The second-order valence-corrected chi connectivity index (χ2v) is 11.6. The number of carbonyl (C=O) groups is 1. The van der Waals surface area contributed by atoms with Gasteiger partial charge in [-0.25, -0.2) is 4.68 Å². The summed E-state index contributed by atoms with van der Waals surface area (Å²) in [6, 6.07) is 12.3. The molecule has 178 valence electrons. The Balaban J connectivity index is 1.19. The van der Waals surface area contributed by atoms with Crippen LogP contribution < -0.4 is 5.32 Å². The third kappa shape index (κ3) is 5.27. The van der Waals surface area contributed by atoms with Gasteiger partial charge in [0.15, 0.2) is 11.5 Å². The number of halogens is 1. The lowest BCUT2D eigenvalue weighted by Gasteiger charge is -2.34. The molecule has 0 aliphatic carbocycles. The summed E-state index contributed by atoms with van der Waals surface area (Å²) in [5.41, 5.74) is 1.30. The smallest absolute Gasteiger partial charge is 0.272 e. The molecule has 1 saturated heterocycles. The molecule has 1 aliphatic heterocycles. The van der Waals surface area contributed by atoms with Crippen LogP contribution in [0.4, 0.5) is 0 Å². The van der Waals surface area contributed by atoms with Gasteiger partial charge in [-0.3, -0.25) is 4.79 Å². The molecular weight excluding hydrogens is 490 g/mol. The molecule has 1 aliphatic rings. The average molecular weight is 516 g/mol. The standard InChI is InChI=1S/C24H26ClN5O2S2/c1-15(2)29-10-7-16(8-11-29)26-24(31)19-9-12-30(27-19)23-6-3-18(33-23)13-17-14-20(32-28-17)21-4-5-22(25)34-21/h3-6,9,12,14-16H,7-8,10-11,13H2,1-2H3,(H,26,31). The molecule has 5 heterocycles. The fraction of sp³-hybridized carbons (Fsp3) is 0.375. The van der Waals surface area contributed by atoms with Crippen LogP contribution in [-0.4, -0.2) is 50.9 Å². The quantitative estimate of drug-likeness (QED) is 0.352. The summed E-state index contributed by atoms with van der Waals surface area (Å²) >= 11 is 9.10. The number of thiophene rings is 2. The second-order valence-electron chi connectivity index (χ2n) is 8.73. The first-order chi connectivity index (χ1) is 16.4. The average Bonchev–Trinajstić information content (AvgIpc) is 3.61. The van der Waals surface area contributed by atoms with Crippen molar-refractivity contribution in [3.05, 3.63) is 63.2 Å². The molecule has 0 aromatic carbocycles. The van der Waals surface area contributed by atoms with Crippen LogP contribution in [0.2, 0.25) is 4.34 Å². The molecule has 4 aromatic rings. The molecular formula is C24H26ClN5O2S2. The fourth-order valence-corrected chi connectivity index (χ4v) is 6.06. The van der Waals surface area contributed by atoms with Crippen LogP contribution in [0.1, 0.15) is 47.7 Å². The van der Waals surface area contributed by atoms with E-state index in [1.807, 2.05) is 30.5 Å². The van der Waals surface area contributed by atoms with Gasteiger partial charge in [-0.15, -0.1) is 22.7 Å². The van der Waals surface area contributed by atoms with E-state index in [2.05, 4.69) is 40.4 Å². The van der Waals surface area contributed by atoms with E-state index in [9.17, 15) is 4.79 Å². The summed E-state index contributed by atoms with van der Waals surface area (Å²) in [6.07, 6.45) is 4.45. The van der Waals surface area contributed by atoms with Crippen molar-refractivity contribution in [3.63, 3.8) is 0 Å². The lowest BCUT2D eigenvalue weighted by atomic mass is 10.0. The Morgan fingerprint density at radius 2 is 2.03 bits per heavy atom. The predicted octanol–water partition coefficient (Wildman–Crippen LogP) is 5.50. The Kier molecular flexibility index (Phi) is 6.87. The first kappa shape index (κ1) is 23.3. The van der Waals surface area contributed by atoms with Crippen LogP contribution >= 0.6 is 34.3 Å². The van der Waals surface area contributed by atoms with E-state index in [0.717, 1.165) is 56.5 Å². The maximum atomic E-state index is 12.7. The topological polar surface area (TPSA) is 76.2 Å². The lowest BCUT2D eigenvalue weighted by molar-refractivity contribution is 0.0895. The Hall–Kier alpha value is -2.46. The summed E-state index contributed by atoms with van der Waals surface area (Å²) in [5, 5.41) is 12.8. The van der Waals surface area contributed by atoms with Crippen molar-refractivity contribution in [2.24, 2.45) is 0 Å². The highest BCUT2D eigenvalue weighted by molar-refractivity contribution is 7.19. The van der Waals surface area contributed by atoms with E-state index in [4.69, 9.17) is 16.1 Å². The third-order valence-electron chi connectivity index (χ3n) is 6.02. The molecule has 4 aromatic heterocycles. The van der Waals surface area contributed by atoms with Gasteiger partial charge in [-0.1, -0.05) is 16.8 Å². The highest BCUT2D eigenvalue weighted by Gasteiger charge is 2.23. The molecule has 1 fully saturated rings. The first-order valence-corrected chi connectivity index (χ1v) is 13.4. The van der Waals surface area contributed by atoms with Gasteiger partial charge in [-0.2, -0.15) is 5.10 Å². The van der Waals surface area contributed by atoms with Gasteiger partial charge in [0.05, 0.1) is 14.9 Å². The zero-order chi connectivity index (χ0) is 23.7. The van der Waals surface area contributed by atoms with E-state index in [0.29, 0.717) is 18.2 Å². The molecule has 0 saturated carbocycles. The van der Waals surface area contributed by atoms with Crippen LogP contribution in [0.3, 0.4) is 0 Å². The molecule has 1 N–H and O–H groups in total. The number of piperidine rings is 1. The number of rotatable bonds is 7. The zero-order valence-corrected chi connectivity index (χ0v) is 21.4. The maximum Gasteiger partial charge on any atom is 0.272 e. The van der Waals surface area contributed by atoms with Gasteiger partial charge in [-0.05, 0) is 57.0 Å². The van der Waals surface area contributed by atoms with E-state index in [1.165, 1.54) is 11.3 Å². The van der Waals surface area contributed by atoms with Crippen molar-refractivity contribution < 1.29 is 9.32 Å². The summed E-state index contributed by atoms with van der Waals surface area (Å²) in [6.45, 7) is 6.46. The molecule has 5 rings (SSSR count). The Morgan fingerprint density at radius 3 is 2.76 bits per heavy atom. The summed E-state index contributed by atoms with van der Waals surface area (Å²) in [7, 11) is 0. The SMILES string of the molecule is CC(C)N1CCC(NC(=O)c2ccn(-c3ccc(Cc4cc(-c5ccc(Cl)s5)on4)s3)n2)CC1. The number of hydrogen-bond acceptors (Lipinski definition) is 7. The van der Waals surface area contributed by atoms with Crippen molar-refractivity contribution >= 4 is 40.2 Å².